The molecule has 0 amide bonds. The Labute approximate surface area is 177 Å². The van der Waals surface area contributed by atoms with Crippen LogP contribution in [0.15, 0.2) is 72.8 Å². The van der Waals surface area contributed by atoms with Crippen molar-refractivity contribution in [2.24, 2.45) is 0 Å². The number of piperidine rings is 1. The summed E-state index contributed by atoms with van der Waals surface area (Å²) < 4.78 is 6.74. The minimum atomic E-state index is -0.285. The van der Waals surface area contributed by atoms with E-state index < -0.39 is 0 Å². The van der Waals surface area contributed by atoms with E-state index in [4.69, 9.17) is 4.74 Å². The van der Waals surface area contributed by atoms with Crippen LogP contribution < -0.4 is 15.1 Å². The Morgan fingerprint density at radius 1 is 1.00 bits per heavy atom. The second-order valence-corrected chi connectivity index (χ2v) is 8.76. The highest BCUT2D eigenvalue weighted by Gasteiger charge is 2.52. The van der Waals surface area contributed by atoms with Gasteiger partial charge in [0.15, 0.2) is 5.72 Å². The molecule has 3 aromatic carbocycles. The molecule has 1 spiro atoms. The van der Waals surface area contributed by atoms with Crippen LogP contribution in [0.1, 0.15) is 36.9 Å². The molecule has 3 aliphatic rings. The molecule has 2 N–H and O–H groups in total. The van der Waals surface area contributed by atoms with Crippen LogP contribution in [0.4, 0.5) is 0 Å². The van der Waals surface area contributed by atoms with Crippen LogP contribution in [0.2, 0.25) is 0 Å². The molecule has 6 rings (SSSR count). The summed E-state index contributed by atoms with van der Waals surface area (Å²) in [5.74, 6) is 1.04. The highest BCUT2D eigenvalue weighted by Crippen LogP contribution is 2.47. The molecule has 0 unspecified atom stereocenters. The average molecular weight is 399 g/mol. The third-order valence-corrected chi connectivity index (χ3v) is 7.12. The average Bonchev–Trinajstić information content (AvgIpc) is 3.26. The summed E-state index contributed by atoms with van der Waals surface area (Å²) in [4.78, 5) is 1.67. The van der Waals surface area contributed by atoms with Crippen molar-refractivity contribution >= 4 is 16.5 Å². The molecule has 0 radical (unpaired) electrons. The lowest BCUT2D eigenvalue weighted by molar-refractivity contribution is -0.906. The third kappa shape index (κ3) is 2.75. The van der Waals surface area contributed by atoms with Gasteiger partial charge in [0.25, 0.3) is 0 Å². The lowest BCUT2D eigenvalue weighted by atomic mass is 9.93. The molecule has 0 bridgehead atoms. The summed E-state index contributed by atoms with van der Waals surface area (Å²) in [7, 11) is 0. The van der Waals surface area contributed by atoms with E-state index in [1.165, 1.54) is 34.1 Å². The van der Waals surface area contributed by atoms with Crippen molar-refractivity contribution in [1.29, 1.82) is 0 Å². The van der Waals surface area contributed by atoms with Gasteiger partial charge in [0.2, 0.25) is 0 Å². The molecule has 0 saturated carbocycles. The molecule has 3 aliphatic heterocycles. The van der Waals surface area contributed by atoms with E-state index in [9.17, 15) is 0 Å². The number of rotatable bonds is 2. The molecule has 30 heavy (non-hydrogen) atoms. The number of nitrogens with one attached hydrogen (secondary N) is 2. The Hall–Kier alpha value is -2.82. The minimum Gasteiger partial charge on any atom is -0.470 e. The van der Waals surface area contributed by atoms with Gasteiger partial charge in [0.05, 0.1) is 44.2 Å². The van der Waals surface area contributed by atoms with Gasteiger partial charge in [0, 0.05) is 5.56 Å². The lowest BCUT2D eigenvalue weighted by Crippen LogP contribution is -3.13. The van der Waals surface area contributed by atoms with Gasteiger partial charge in [-0.25, -0.2) is 0 Å². The Balaban J connectivity index is 1.40. The van der Waals surface area contributed by atoms with Crippen LogP contribution in [0.5, 0.6) is 5.75 Å². The van der Waals surface area contributed by atoms with E-state index in [1.807, 2.05) is 0 Å². The normalized spacial score (nSPS) is 27.8. The fraction of sp³-hybridized carbons (Fsp3) is 0.308. The molecule has 152 valence electrons. The third-order valence-electron chi connectivity index (χ3n) is 7.12. The van der Waals surface area contributed by atoms with Crippen LogP contribution >= 0.6 is 0 Å². The number of likely N-dealkylation sites (tertiary alicyclic amines) is 1. The van der Waals surface area contributed by atoms with E-state index in [2.05, 4.69) is 90.2 Å². The Kier molecular flexibility index (Phi) is 4.12. The van der Waals surface area contributed by atoms with Gasteiger partial charge in [-0.05, 0) is 41.5 Å². The number of benzene rings is 3. The molecular weight excluding hydrogens is 370 g/mol. The maximum absolute atomic E-state index is 6.74. The summed E-state index contributed by atoms with van der Waals surface area (Å²) in [5.41, 5.74) is 7.14. The van der Waals surface area contributed by atoms with Gasteiger partial charge in [-0.3, -0.25) is 0 Å². The Morgan fingerprint density at radius 2 is 1.77 bits per heavy atom. The quantitative estimate of drug-likeness (QED) is 0.692. The van der Waals surface area contributed by atoms with Crippen LogP contribution in [-0.4, -0.2) is 30.4 Å². The van der Waals surface area contributed by atoms with E-state index in [0.717, 1.165) is 31.7 Å². The van der Waals surface area contributed by atoms with Crippen molar-refractivity contribution in [3.63, 3.8) is 0 Å². The SMILES string of the molecule is CC[NH+]1CCC2(CC1)Oc1ccccc1[C@H]1C=C(c3ccc4ccccc4c3)NN12. The minimum absolute atomic E-state index is 0.194. The molecule has 3 aromatic rings. The lowest BCUT2D eigenvalue weighted by Gasteiger charge is -2.50. The van der Waals surface area contributed by atoms with Gasteiger partial charge in [-0.2, -0.15) is 5.01 Å². The predicted octanol–water partition coefficient (Wildman–Crippen LogP) is 3.53. The molecule has 4 nitrogen and oxygen atoms in total. The largest absolute Gasteiger partial charge is 0.470 e. The van der Waals surface area contributed by atoms with Gasteiger partial charge < -0.3 is 15.1 Å². The number of hydrogen-bond acceptors (Lipinski definition) is 3. The molecule has 4 heteroatoms. The van der Waals surface area contributed by atoms with Crippen LogP contribution in [0.25, 0.3) is 16.5 Å². The second-order valence-electron chi connectivity index (χ2n) is 8.76. The summed E-state index contributed by atoms with van der Waals surface area (Å²) in [6, 6.07) is 24.0. The van der Waals surface area contributed by atoms with Gasteiger partial charge in [-0.1, -0.05) is 54.6 Å². The van der Waals surface area contributed by atoms with Gasteiger partial charge >= 0.3 is 0 Å². The number of para-hydroxylation sites is 1. The van der Waals surface area contributed by atoms with E-state index in [1.54, 1.807) is 4.90 Å². The second kappa shape index (κ2) is 6.86. The molecule has 1 fully saturated rings. The van der Waals surface area contributed by atoms with E-state index in [-0.39, 0.29) is 11.8 Å². The first-order chi connectivity index (χ1) is 14.8. The zero-order chi connectivity index (χ0) is 20.1. The predicted molar refractivity (Wildman–Crippen MR) is 120 cm³/mol. The first kappa shape index (κ1) is 18.0. The topological polar surface area (TPSA) is 28.9 Å². The highest BCUT2D eigenvalue weighted by molar-refractivity contribution is 5.86. The standard InChI is InChI=1S/C26H27N3O/c1-2-28-15-13-26(14-16-28)29-24(22-9-5-6-10-25(22)30-26)18-23(27-29)21-12-11-19-7-3-4-8-20(19)17-21/h3-12,17-18,24,27H,2,13-16H2,1H3/p+1/t24-/m1/s1. The zero-order valence-electron chi connectivity index (χ0n) is 17.4. The number of nitrogens with zero attached hydrogens (tertiary/aromatic N) is 1. The fourth-order valence-electron chi connectivity index (χ4n) is 5.33. The molecule has 0 aliphatic carbocycles. The fourth-order valence-corrected chi connectivity index (χ4v) is 5.33. The molecule has 1 atom stereocenters. The van der Waals surface area contributed by atoms with Crippen molar-refractivity contribution < 1.29 is 9.64 Å². The summed E-state index contributed by atoms with van der Waals surface area (Å²) in [5, 5.41) is 4.94. The van der Waals surface area contributed by atoms with Gasteiger partial charge in [-0.15, -0.1) is 0 Å². The smallest absolute Gasteiger partial charge is 0.191 e. The Morgan fingerprint density at radius 3 is 2.60 bits per heavy atom. The number of quaternary nitrogens is 1. The van der Waals surface area contributed by atoms with Gasteiger partial charge in [0.1, 0.15) is 5.75 Å². The molecule has 0 aromatic heterocycles. The van der Waals surface area contributed by atoms with E-state index in [0.29, 0.717) is 0 Å². The first-order valence-corrected chi connectivity index (χ1v) is 11.1. The van der Waals surface area contributed by atoms with Crippen LogP contribution in [0.3, 0.4) is 0 Å². The maximum atomic E-state index is 6.74. The molecule has 3 heterocycles. The number of hydrogen-bond donors (Lipinski definition) is 2. The van der Waals surface area contributed by atoms with Crippen molar-refractivity contribution in [1.82, 2.24) is 10.4 Å². The molecular formula is C26H28N3O+. The van der Waals surface area contributed by atoms with Crippen molar-refractivity contribution in [3.8, 4) is 5.75 Å². The highest BCUT2D eigenvalue weighted by atomic mass is 16.5. The number of hydrazine groups is 1. The monoisotopic (exact) mass is 398 g/mol. The number of fused-ring (bicyclic) bond motifs is 5. The van der Waals surface area contributed by atoms with Crippen molar-refractivity contribution in [3.05, 3.63) is 83.9 Å². The number of ether oxygens (including phenoxy) is 1. The van der Waals surface area contributed by atoms with Crippen molar-refractivity contribution in [2.45, 2.75) is 31.5 Å². The summed E-state index contributed by atoms with van der Waals surface area (Å²) in [6.45, 7) is 5.76. The summed E-state index contributed by atoms with van der Waals surface area (Å²) >= 11 is 0. The van der Waals surface area contributed by atoms with Crippen LogP contribution in [-0.2, 0) is 0 Å². The van der Waals surface area contributed by atoms with E-state index >= 15 is 0 Å². The van der Waals surface area contributed by atoms with Crippen molar-refractivity contribution in [2.75, 3.05) is 19.6 Å². The maximum Gasteiger partial charge on any atom is 0.191 e. The first-order valence-electron chi connectivity index (χ1n) is 11.1. The Bertz CT molecular complexity index is 1130. The zero-order valence-corrected chi connectivity index (χ0v) is 17.4. The van der Waals surface area contributed by atoms with Crippen LogP contribution in [0, 0.1) is 0 Å². The summed E-state index contributed by atoms with van der Waals surface area (Å²) in [6.07, 6.45) is 4.45. The molecule has 1 saturated heterocycles.